The Labute approximate surface area is 136 Å². The molecule has 0 saturated carbocycles. The summed E-state index contributed by atoms with van der Waals surface area (Å²) in [6.07, 6.45) is 0.758. The standard InChI is InChI=1S/C17H21ClN2O2/c1-5-6-7-8-15(21)19-20(17(2,3)4)16(22)13-9-11-14(18)12-10-13/h9-12H,5,8H2,1-4H3,(H,19,21). The average molecular weight is 321 g/mol. The first-order valence-electron chi connectivity index (χ1n) is 7.11. The lowest BCUT2D eigenvalue weighted by molar-refractivity contribution is -0.125. The SMILES string of the molecule is CCC#CCC(=O)NN(C(=O)c1ccc(Cl)cc1)C(C)(C)C. The topological polar surface area (TPSA) is 49.4 Å². The average Bonchev–Trinajstić information content (AvgIpc) is 2.44. The molecular weight excluding hydrogens is 300 g/mol. The van der Waals surface area contributed by atoms with Gasteiger partial charge >= 0.3 is 0 Å². The molecule has 0 aliphatic rings. The zero-order valence-electron chi connectivity index (χ0n) is 13.4. The molecule has 0 atom stereocenters. The monoisotopic (exact) mass is 320 g/mol. The molecule has 0 heterocycles. The van der Waals surface area contributed by atoms with Crippen LogP contribution in [0.15, 0.2) is 24.3 Å². The van der Waals surface area contributed by atoms with Crippen molar-refractivity contribution in [2.24, 2.45) is 0 Å². The third kappa shape index (κ3) is 5.42. The van der Waals surface area contributed by atoms with Gasteiger partial charge in [-0.15, -0.1) is 5.92 Å². The first-order valence-corrected chi connectivity index (χ1v) is 7.49. The summed E-state index contributed by atoms with van der Waals surface area (Å²) < 4.78 is 0. The van der Waals surface area contributed by atoms with Gasteiger partial charge in [-0.25, -0.2) is 5.01 Å². The Morgan fingerprint density at radius 1 is 1.18 bits per heavy atom. The van der Waals surface area contributed by atoms with Crippen molar-refractivity contribution in [1.29, 1.82) is 0 Å². The van der Waals surface area contributed by atoms with E-state index < -0.39 is 5.54 Å². The molecule has 1 rings (SSSR count). The van der Waals surface area contributed by atoms with E-state index in [1.54, 1.807) is 24.3 Å². The van der Waals surface area contributed by atoms with E-state index in [4.69, 9.17) is 11.6 Å². The molecule has 1 aromatic carbocycles. The van der Waals surface area contributed by atoms with Crippen LogP contribution in [-0.4, -0.2) is 22.4 Å². The fourth-order valence-corrected chi connectivity index (χ4v) is 1.80. The second kappa shape index (κ2) is 7.86. The predicted molar refractivity (Wildman–Crippen MR) is 88.2 cm³/mol. The van der Waals surface area contributed by atoms with Gasteiger partial charge in [-0.05, 0) is 45.0 Å². The lowest BCUT2D eigenvalue weighted by Crippen LogP contribution is -2.55. The van der Waals surface area contributed by atoms with Crippen LogP contribution in [0.5, 0.6) is 0 Å². The van der Waals surface area contributed by atoms with E-state index in [1.807, 2.05) is 27.7 Å². The molecule has 0 bridgehead atoms. The zero-order valence-corrected chi connectivity index (χ0v) is 14.1. The third-order valence-corrected chi connectivity index (χ3v) is 3.00. The van der Waals surface area contributed by atoms with Crippen molar-refractivity contribution in [2.45, 2.75) is 46.1 Å². The van der Waals surface area contributed by atoms with Gasteiger partial charge in [-0.3, -0.25) is 15.0 Å². The van der Waals surface area contributed by atoms with Gasteiger partial charge in [0.2, 0.25) is 0 Å². The number of carbonyl (C=O) groups is 2. The lowest BCUT2D eigenvalue weighted by atomic mass is 10.1. The summed E-state index contributed by atoms with van der Waals surface area (Å²) in [6.45, 7) is 7.45. The van der Waals surface area contributed by atoms with Gasteiger partial charge in [0.05, 0.1) is 12.0 Å². The third-order valence-electron chi connectivity index (χ3n) is 2.75. The maximum absolute atomic E-state index is 12.6. The summed E-state index contributed by atoms with van der Waals surface area (Å²) in [5, 5.41) is 1.88. The van der Waals surface area contributed by atoms with E-state index in [0.29, 0.717) is 17.0 Å². The van der Waals surface area contributed by atoms with Crippen molar-refractivity contribution in [3.05, 3.63) is 34.9 Å². The summed E-state index contributed by atoms with van der Waals surface area (Å²) in [7, 11) is 0. The Bertz CT molecular complexity index is 592. The minimum absolute atomic E-state index is 0.0638. The Balaban J connectivity index is 2.91. The molecule has 0 unspecified atom stereocenters. The van der Waals surface area contributed by atoms with E-state index in [9.17, 15) is 9.59 Å². The molecule has 0 spiro atoms. The molecule has 0 saturated heterocycles. The quantitative estimate of drug-likeness (QED) is 0.670. The minimum Gasteiger partial charge on any atom is -0.272 e. The Morgan fingerprint density at radius 2 is 1.77 bits per heavy atom. The van der Waals surface area contributed by atoms with Crippen molar-refractivity contribution in [3.63, 3.8) is 0 Å². The van der Waals surface area contributed by atoms with Gasteiger partial charge in [0.15, 0.2) is 0 Å². The normalized spacial score (nSPS) is 10.4. The van der Waals surface area contributed by atoms with Crippen LogP contribution in [0.25, 0.3) is 0 Å². The van der Waals surface area contributed by atoms with Crippen LogP contribution in [0.3, 0.4) is 0 Å². The fraction of sp³-hybridized carbons (Fsp3) is 0.412. The molecular formula is C17H21ClN2O2. The Hall–Kier alpha value is -1.99. The van der Waals surface area contributed by atoms with E-state index in [1.165, 1.54) is 5.01 Å². The Kier molecular flexibility index (Phi) is 6.45. The van der Waals surface area contributed by atoms with Gasteiger partial charge in [0, 0.05) is 17.0 Å². The summed E-state index contributed by atoms with van der Waals surface area (Å²) in [6, 6.07) is 6.55. The predicted octanol–water partition coefficient (Wildman–Crippen LogP) is 3.42. The van der Waals surface area contributed by atoms with Gasteiger partial charge < -0.3 is 0 Å². The van der Waals surface area contributed by atoms with Crippen molar-refractivity contribution in [3.8, 4) is 11.8 Å². The molecule has 0 aliphatic heterocycles. The van der Waals surface area contributed by atoms with E-state index >= 15 is 0 Å². The fourth-order valence-electron chi connectivity index (χ4n) is 1.68. The highest BCUT2D eigenvalue weighted by molar-refractivity contribution is 6.30. The van der Waals surface area contributed by atoms with Crippen molar-refractivity contribution in [2.75, 3.05) is 0 Å². The number of nitrogens with one attached hydrogen (secondary N) is 1. The highest BCUT2D eigenvalue weighted by Gasteiger charge is 2.29. The highest BCUT2D eigenvalue weighted by atomic mass is 35.5. The van der Waals surface area contributed by atoms with Crippen LogP contribution >= 0.6 is 11.6 Å². The van der Waals surface area contributed by atoms with Crippen LogP contribution in [0.2, 0.25) is 5.02 Å². The van der Waals surface area contributed by atoms with Crippen LogP contribution < -0.4 is 5.43 Å². The zero-order chi connectivity index (χ0) is 16.8. The smallest absolute Gasteiger partial charge is 0.272 e. The van der Waals surface area contributed by atoms with Crippen molar-refractivity contribution in [1.82, 2.24) is 10.4 Å². The number of nitrogens with zero attached hydrogens (tertiary/aromatic N) is 1. The molecule has 0 radical (unpaired) electrons. The molecule has 0 fully saturated rings. The van der Waals surface area contributed by atoms with Crippen LogP contribution in [0, 0.1) is 11.8 Å². The van der Waals surface area contributed by atoms with E-state index in [-0.39, 0.29) is 18.2 Å². The lowest BCUT2D eigenvalue weighted by Gasteiger charge is -2.35. The summed E-state index contributed by atoms with van der Waals surface area (Å²) in [5.74, 6) is 4.99. The van der Waals surface area contributed by atoms with Gasteiger partial charge in [-0.1, -0.05) is 24.4 Å². The first-order chi connectivity index (χ1) is 10.3. The molecule has 118 valence electrons. The summed E-state index contributed by atoms with van der Waals surface area (Å²) >= 11 is 5.83. The molecule has 4 nitrogen and oxygen atoms in total. The van der Waals surface area contributed by atoms with Gasteiger partial charge in [0.1, 0.15) is 0 Å². The van der Waals surface area contributed by atoms with Gasteiger partial charge in [0.25, 0.3) is 11.8 Å². The Morgan fingerprint density at radius 3 is 2.27 bits per heavy atom. The number of rotatable bonds is 2. The minimum atomic E-state index is -0.565. The molecule has 1 aromatic rings. The van der Waals surface area contributed by atoms with Crippen LogP contribution in [-0.2, 0) is 4.79 Å². The highest BCUT2D eigenvalue weighted by Crippen LogP contribution is 2.17. The number of hydrogen-bond acceptors (Lipinski definition) is 2. The largest absolute Gasteiger partial charge is 0.272 e. The summed E-state index contributed by atoms with van der Waals surface area (Å²) in [5.41, 5.74) is 2.53. The number of amides is 2. The molecule has 0 aromatic heterocycles. The maximum Gasteiger partial charge on any atom is 0.272 e. The summed E-state index contributed by atoms with van der Waals surface area (Å²) in [4.78, 5) is 24.5. The van der Waals surface area contributed by atoms with E-state index in [0.717, 1.165) is 0 Å². The molecule has 22 heavy (non-hydrogen) atoms. The maximum atomic E-state index is 12.6. The molecule has 1 N–H and O–H groups in total. The number of halogens is 1. The van der Waals surface area contributed by atoms with Crippen LogP contribution in [0.4, 0.5) is 0 Å². The second-order valence-corrected chi connectivity index (χ2v) is 6.17. The molecule has 5 heteroatoms. The second-order valence-electron chi connectivity index (χ2n) is 5.74. The number of hydrazine groups is 1. The molecule has 0 aliphatic carbocycles. The number of benzene rings is 1. The van der Waals surface area contributed by atoms with E-state index in [2.05, 4.69) is 17.3 Å². The number of hydrogen-bond donors (Lipinski definition) is 1. The number of carbonyl (C=O) groups excluding carboxylic acids is 2. The van der Waals surface area contributed by atoms with Gasteiger partial charge in [-0.2, -0.15) is 0 Å². The first kappa shape index (κ1) is 18.1. The van der Waals surface area contributed by atoms with Crippen LogP contribution in [0.1, 0.15) is 50.9 Å². The van der Waals surface area contributed by atoms with Crippen molar-refractivity contribution < 1.29 is 9.59 Å². The van der Waals surface area contributed by atoms with Crippen molar-refractivity contribution >= 4 is 23.4 Å². The molecule has 2 amide bonds.